The Labute approximate surface area is 113 Å². The van der Waals surface area contributed by atoms with Gasteiger partial charge in [0.05, 0.1) is 18.7 Å². The van der Waals surface area contributed by atoms with Crippen molar-refractivity contribution in [3.8, 4) is 0 Å². The molecular weight excluding hydrogens is 248 g/mol. The second kappa shape index (κ2) is 8.08. The molecule has 0 fully saturated rings. The van der Waals surface area contributed by atoms with E-state index in [1.165, 1.54) is 12.8 Å². The summed E-state index contributed by atoms with van der Waals surface area (Å²) in [6.07, 6.45) is 3.44. The van der Waals surface area contributed by atoms with Crippen LogP contribution in [0.15, 0.2) is 5.38 Å². The van der Waals surface area contributed by atoms with Crippen molar-refractivity contribution >= 4 is 22.4 Å². The van der Waals surface area contributed by atoms with E-state index in [9.17, 15) is 4.79 Å². The molecule has 1 heterocycles. The maximum Gasteiger partial charge on any atom is 0.306 e. The Balaban J connectivity index is 2.40. The molecule has 0 atom stereocenters. The SMILES string of the molecule is CCCCN(C)c1nc(CCC(=O)OCC)cs1. The van der Waals surface area contributed by atoms with E-state index in [0.717, 1.165) is 17.4 Å². The van der Waals surface area contributed by atoms with Gasteiger partial charge in [-0.1, -0.05) is 13.3 Å². The smallest absolute Gasteiger partial charge is 0.306 e. The summed E-state index contributed by atoms with van der Waals surface area (Å²) in [7, 11) is 2.06. The van der Waals surface area contributed by atoms with Crippen molar-refractivity contribution in [2.45, 2.75) is 39.5 Å². The highest BCUT2D eigenvalue weighted by atomic mass is 32.1. The van der Waals surface area contributed by atoms with Gasteiger partial charge in [-0.2, -0.15) is 0 Å². The molecule has 0 N–H and O–H groups in total. The minimum atomic E-state index is -0.147. The average Bonchev–Trinajstić information content (AvgIpc) is 2.82. The molecular formula is C13H22N2O2S. The van der Waals surface area contributed by atoms with Crippen LogP contribution in [-0.4, -0.2) is 31.2 Å². The molecule has 4 nitrogen and oxygen atoms in total. The van der Waals surface area contributed by atoms with Crippen LogP contribution in [0.4, 0.5) is 5.13 Å². The van der Waals surface area contributed by atoms with Crippen LogP contribution in [0.5, 0.6) is 0 Å². The van der Waals surface area contributed by atoms with Crippen molar-refractivity contribution < 1.29 is 9.53 Å². The lowest BCUT2D eigenvalue weighted by molar-refractivity contribution is -0.143. The molecule has 0 aliphatic rings. The first-order valence-corrected chi connectivity index (χ1v) is 7.36. The molecule has 0 bridgehead atoms. The zero-order chi connectivity index (χ0) is 13.4. The molecule has 18 heavy (non-hydrogen) atoms. The Kier molecular flexibility index (Phi) is 6.72. The van der Waals surface area contributed by atoms with E-state index >= 15 is 0 Å². The maximum absolute atomic E-state index is 11.2. The largest absolute Gasteiger partial charge is 0.466 e. The van der Waals surface area contributed by atoms with Crippen LogP contribution in [0.25, 0.3) is 0 Å². The van der Waals surface area contributed by atoms with Gasteiger partial charge in [0.25, 0.3) is 0 Å². The van der Waals surface area contributed by atoms with Crippen molar-refractivity contribution in [3.05, 3.63) is 11.1 Å². The van der Waals surface area contributed by atoms with E-state index in [1.54, 1.807) is 11.3 Å². The van der Waals surface area contributed by atoms with Crippen molar-refractivity contribution in [1.29, 1.82) is 0 Å². The van der Waals surface area contributed by atoms with E-state index in [4.69, 9.17) is 4.74 Å². The van der Waals surface area contributed by atoms with Gasteiger partial charge in [-0.05, 0) is 13.3 Å². The highest BCUT2D eigenvalue weighted by Crippen LogP contribution is 2.20. The summed E-state index contributed by atoms with van der Waals surface area (Å²) in [6, 6.07) is 0. The molecule has 0 saturated heterocycles. The number of esters is 1. The number of hydrogen-bond acceptors (Lipinski definition) is 5. The molecule has 1 aromatic heterocycles. The van der Waals surface area contributed by atoms with Gasteiger partial charge in [0.2, 0.25) is 0 Å². The lowest BCUT2D eigenvalue weighted by Crippen LogP contribution is -2.18. The molecule has 0 aromatic carbocycles. The molecule has 0 aliphatic carbocycles. The van der Waals surface area contributed by atoms with Gasteiger partial charge in [0.15, 0.2) is 5.13 Å². The molecule has 102 valence electrons. The number of aromatic nitrogens is 1. The first-order chi connectivity index (χ1) is 8.67. The van der Waals surface area contributed by atoms with E-state index in [0.29, 0.717) is 19.4 Å². The van der Waals surface area contributed by atoms with Gasteiger partial charge in [0.1, 0.15) is 0 Å². The zero-order valence-corrected chi connectivity index (χ0v) is 12.3. The zero-order valence-electron chi connectivity index (χ0n) is 11.4. The Morgan fingerprint density at radius 3 is 2.94 bits per heavy atom. The summed E-state index contributed by atoms with van der Waals surface area (Å²) in [5.74, 6) is -0.147. The number of carbonyl (C=O) groups excluding carboxylic acids is 1. The number of anilines is 1. The number of nitrogens with zero attached hydrogens (tertiary/aromatic N) is 2. The quantitative estimate of drug-likeness (QED) is 0.681. The maximum atomic E-state index is 11.2. The van der Waals surface area contributed by atoms with Gasteiger partial charge in [0, 0.05) is 25.4 Å². The fourth-order valence-electron chi connectivity index (χ4n) is 1.54. The highest BCUT2D eigenvalue weighted by Gasteiger charge is 2.08. The molecule has 0 radical (unpaired) electrons. The number of hydrogen-bond donors (Lipinski definition) is 0. The molecule has 1 aromatic rings. The number of thiazole rings is 1. The van der Waals surface area contributed by atoms with Gasteiger partial charge in [-0.15, -0.1) is 11.3 Å². The summed E-state index contributed by atoms with van der Waals surface area (Å²) in [5.41, 5.74) is 0.978. The summed E-state index contributed by atoms with van der Waals surface area (Å²) < 4.78 is 4.90. The normalized spacial score (nSPS) is 10.4. The fraction of sp³-hybridized carbons (Fsp3) is 0.692. The van der Waals surface area contributed by atoms with Crippen LogP contribution in [-0.2, 0) is 16.0 Å². The van der Waals surface area contributed by atoms with Crippen LogP contribution in [0.2, 0.25) is 0 Å². The Hall–Kier alpha value is -1.10. The molecule has 0 aliphatic heterocycles. The van der Waals surface area contributed by atoms with Crippen molar-refractivity contribution in [2.75, 3.05) is 25.1 Å². The third-order valence-corrected chi connectivity index (χ3v) is 3.61. The minimum absolute atomic E-state index is 0.147. The van der Waals surface area contributed by atoms with Gasteiger partial charge in [-0.25, -0.2) is 4.98 Å². The number of unbranched alkanes of at least 4 members (excludes halogenated alkanes) is 1. The molecule has 0 spiro atoms. The van der Waals surface area contributed by atoms with E-state index < -0.39 is 0 Å². The average molecular weight is 270 g/mol. The molecule has 0 saturated carbocycles. The number of aryl methyl sites for hydroxylation is 1. The first-order valence-electron chi connectivity index (χ1n) is 6.48. The van der Waals surface area contributed by atoms with Crippen LogP contribution < -0.4 is 4.90 Å². The predicted octanol–water partition coefficient (Wildman–Crippen LogP) is 2.88. The molecule has 5 heteroatoms. The Bertz CT molecular complexity index is 366. The first kappa shape index (κ1) is 15.0. The van der Waals surface area contributed by atoms with Gasteiger partial charge >= 0.3 is 5.97 Å². The van der Waals surface area contributed by atoms with Crippen LogP contribution in [0, 0.1) is 0 Å². The third-order valence-electron chi connectivity index (χ3n) is 2.60. The monoisotopic (exact) mass is 270 g/mol. The second-order valence-electron chi connectivity index (χ2n) is 4.20. The number of ether oxygens (including phenoxy) is 1. The molecule has 1 rings (SSSR count). The summed E-state index contributed by atoms with van der Waals surface area (Å²) in [5, 5.41) is 3.05. The summed E-state index contributed by atoms with van der Waals surface area (Å²) in [6.45, 7) is 5.48. The second-order valence-corrected chi connectivity index (χ2v) is 5.04. The Morgan fingerprint density at radius 2 is 2.28 bits per heavy atom. The Morgan fingerprint density at radius 1 is 1.50 bits per heavy atom. The van der Waals surface area contributed by atoms with E-state index in [2.05, 4.69) is 23.9 Å². The lowest BCUT2D eigenvalue weighted by atomic mass is 10.2. The van der Waals surface area contributed by atoms with Crippen LogP contribution >= 0.6 is 11.3 Å². The van der Waals surface area contributed by atoms with Crippen molar-refractivity contribution in [2.24, 2.45) is 0 Å². The molecule has 0 unspecified atom stereocenters. The topological polar surface area (TPSA) is 42.4 Å². The lowest BCUT2D eigenvalue weighted by Gasteiger charge is -2.14. The highest BCUT2D eigenvalue weighted by molar-refractivity contribution is 7.13. The third kappa shape index (κ3) is 5.04. The van der Waals surface area contributed by atoms with Gasteiger partial charge in [-0.3, -0.25) is 4.79 Å². The summed E-state index contributed by atoms with van der Waals surface area (Å²) in [4.78, 5) is 17.9. The fourth-order valence-corrected chi connectivity index (χ4v) is 2.39. The standard InChI is InChI=1S/C13H22N2O2S/c1-4-6-9-15(3)13-14-11(10-18-13)7-8-12(16)17-5-2/h10H,4-9H2,1-3H3. The molecule has 0 amide bonds. The predicted molar refractivity (Wildman–Crippen MR) is 75.2 cm³/mol. The van der Waals surface area contributed by atoms with Crippen LogP contribution in [0.3, 0.4) is 0 Å². The van der Waals surface area contributed by atoms with Crippen LogP contribution in [0.1, 0.15) is 38.8 Å². The van der Waals surface area contributed by atoms with E-state index in [-0.39, 0.29) is 5.97 Å². The minimum Gasteiger partial charge on any atom is -0.466 e. The van der Waals surface area contributed by atoms with Crippen molar-refractivity contribution in [1.82, 2.24) is 4.98 Å². The number of rotatable bonds is 8. The van der Waals surface area contributed by atoms with Crippen molar-refractivity contribution in [3.63, 3.8) is 0 Å². The van der Waals surface area contributed by atoms with E-state index in [1.807, 2.05) is 12.3 Å². The number of carbonyl (C=O) groups is 1. The van der Waals surface area contributed by atoms with Gasteiger partial charge < -0.3 is 9.64 Å². The summed E-state index contributed by atoms with van der Waals surface area (Å²) >= 11 is 1.64.